The van der Waals surface area contributed by atoms with Crippen LogP contribution in [0.2, 0.25) is 0 Å². The SMILES string of the molecule is C.CCNC(=O)Nc1nc2c(-c3ncccc3F)cc(-c3cnc(C4(O)CC4)c(F)c3)cc2[nH]1. The van der Waals surface area contributed by atoms with Gasteiger partial charge in [-0.25, -0.2) is 18.6 Å². The number of amides is 2. The number of H-pyrrole nitrogens is 1. The smallest absolute Gasteiger partial charge is 0.321 e. The van der Waals surface area contributed by atoms with Gasteiger partial charge in [0.05, 0.1) is 5.52 Å². The van der Waals surface area contributed by atoms with Crippen LogP contribution in [-0.2, 0) is 5.60 Å². The summed E-state index contributed by atoms with van der Waals surface area (Å²) < 4.78 is 29.4. The van der Waals surface area contributed by atoms with Crippen molar-refractivity contribution in [2.24, 2.45) is 0 Å². The molecule has 3 aromatic heterocycles. The number of carbonyl (C=O) groups excluding carboxylic acids is 1. The number of halogens is 2. The van der Waals surface area contributed by atoms with Crippen molar-refractivity contribution in [2.45, 2.75) is 32.8 Å². The van der Waals surface area contributed by atoms with Crippen molar-refractivity contribution in [1.82, 2.24) is 25.3 Å². The van der Waals surface area contributed by atoms with E-state index in [4.69, 9.17) is 0 Å². The van der Waals surface area contributed by atoms with Gasteiger partial charge in [0.25, 0.3) is 0 Å². The average molecular weight is 466 g/mol. The number of aromatic amines is 1. The minimum Gasteiger partial charge on any atom is -0.383 e. The molecule has 1 aliphatic carbocycles. The van der Waals surface area contributed by atoms with E-state index in [-0.39, 0.29) is 24.8 Å². The molecule has 4 aromatic rings. The first-order valence-corrected chi connectivity index (χ1v) is 10.5. The van der Waals surface area contributed by atoms with Crippen LogP contribution in [0.3, 0.4) is 0 Å². The molecule has 0 radical (unpaired) electrons. The molecule has 1 fully saturated rings. The van der Waals surface area contributed by atoms with E-state index in [1.54, 1.807) is 19.1 Å². The minimum atomic E-state index is -1.20. The zero-order chi connectivity index (χ0) is 23.2. The number of pyridine rings is 2. The van der Waals surface area contributed by atoms with Crippen LogP contribution in [0.1, 0.15) is 32.9 Å². The highest BCUT2D eigenvalue weighted by Crippen LogP contribution is 2.45. The van der Waals surface area contributed by atoms with Crippen LogP contribution >= 0.6 is 0 Å². The number of anilines is 1. The van der Waals surface area contributed by atoms with Gasteiger partial charge in [-0.15, -0.1) is 0 Å². The number of nitrogens with zero attached hydrogens (tertiary/aromatic N) is 3. The molecule has 1 aliphatic rings. The second kappa shape index (κ2) is 8.79. The Bertz CT molecular complexity index is 1380. The zero-order valence-corrected chi connectivity index (χ0v) is 17.6. The van der Waals surface area contributed by atoms with Crippen molar-refractivity contribution in [3.63, 3.8) is 0 Å². The van der Waals surface area contributed by atoms with E-state index in [1.807, 2.05) is 0 Å². The van der Waals surface area contributed by atoms with Gasteiger partial charge in [0.15, 0.2) is 0 Å². The average Bonchev–Trinajstić information content (AvgIpc) is 3.39. The third kappa shape index (κ3) is 4.19. The lowest BCUT2D eigenvalue weighted by Crippen LogP contribution is -2.28. The summed E-state index contributed by atoms with van der Waals surface area (Å²) >= 11 is 0. The van der Waals surface area contributed by atoms with E-state index >= 15 is 0 Å². The van der Waals surface area contributed by atoms with Gasteiger partial charge in [-0.3, -0.25) is 15.3 Å². The summed E-state index contributed by atoms with van der Waals surface area (Å²) in [6.07, 6.45) is 3.88. The van der Waals surface area contributed by atoms with Crippen LogP contribution in [0.4, 0.5) is 19.5 Å². The van der Waals surface area contributed by atoms with Crippen LogP contribution in [0.5, 0.6) is 0 Å². The van der Waals surface area contributed by atoms with Crippen molar-refractivity contribution in [3.8, 4) is 22.4 Å². The normalized spacial score (nSPS) is 13.9. The number of hydrogen-bond acceptors (Lipinski definition) is 5. The molecule has 0 spiro atoms. The Morgan fingerprint density at radius 2 is 1.97 bits per heavy atom. The van der Waals surface area contributed by atoms with Crippen LogP contribution in [-0.4, -0.2) is 37.6 Å². The van der Waals surface area contributed by atoms with Gasteiger partial charge in [-0.1, -0.05) is 7.43 Å². The third-order valence-corrected chi connectivity index (χ3v) is 5.51. The lowest BCUT2D eigenvalue weighted by Gasteiger charge is -2.11. The van der Waals surface area contributed by atoms with Gasteiger partial charge in [0, 0.05) is 30.1 Å². The number of hydrogen-bond donors (Lipinski definition) is 4. The number of aromatic nitrogens is 4. The molecule has 3 heterocycles. The second-order valence-corrected chi connectivity index (χ2v) is 7.91. The molecule has 2 amide bonds. The predicted octanol–water partition coefficient (Wildman–Crippen LogP) is 4.72. The number of aliphatic hydroxyl groups is 1. The highest BCUT2D eigenvalue weighted by molar-refractivity contribution is 5.98. The number of fused-ring (bicyclic) bond motifs is 1. The number of imidazole rings is 1. The number of urea groups is 1. The summed E-state index contributed by atoms with van der Waals surface area (Å²) in [6, 6.07) is 6.97. The topological polar surface area (TPSA) is 116 Å². The number of carbonyl (C=O) groups is 1. The lowest BCUT2D eigenvalue weighted by atomic mass is 10.00. The standard InChI is InChI=1S/C23H20F2N6O2.CH4/c1-2-26-22(32)31-21-29-17-10-12(13-9-16(25)20(28-11-13)23(33)5-6-23)8-14(19(17)30-21)18-15(24)4-3-7-27-18;/h3-4,7-11,33H,2,5-6H2,1H3,(H3,26,29,30,31,32);1H4. The highest BCUT2D eigenvalue weighted by Gasteiger charge is 2.45. The maximum atomic E-state index is 14.7. The number of benzene rings is 1. The fraction of sp³-hybridized carbons (Fsp3) is 0.250. The van der Waals surface area contributed by atoms with Crippen LogP contribution in [0.15, 0.2) is 42.7 Å². The molecule has 8 nitrogen and oxygen atoms in total. The summed E-state index contributed by atoms with van der Waals surface area (Å²) in [6.45, 7) is 2.22. The lowest BCUT2D eigenvalue weighted by molar-refractivity contribution is 0.141. The van der Waals surface area contributed by atoms with E-state index in [1.165, 1.54) is 30.6 Å². The van der Waals surface area contributed by atoms with Crippen molar-refractivity contribution < 1.29 is 18.7 Å². The molecule has 10 heteroatoms. The first-order chi connectivity index (χ1) is 15.9. The van der Waals surface area contributed by atoms with Gasteiger partial charge < -0.3 is 15.4 Å². The molecule has 0 unspecified atom stereocenters. The summed E-state index contributed by atoms with van der Waals surface area (Å²) in [4.78, 5) is 27.6. The van der Waals surface area contributed by atoms with E-state index in [2.05, 4.69) is 30.6 Å². The van der Waals surface area contributed by atoms with E-state index in [0.29, 0.717) is 47.1 Å². The monoisotopic (exact) mass is 466 g/mol. The summed E-state index contributed by atoms with van der Waals surface area (Å²) in [7, 11) is 0. The predicted molar refractivity (Wildman–Crippen MR) is 125 cm³/mol. The molecule has 5 rings (SSSR count). The van der Waals surface area contributed by atoms with Gasteiger partial charge in [0.1, 0.15) is 34.1 Å². The molecule has 1 aromatic carbocycles. The fourth-order valence-corrected chi connectivity index (χ4v) is 3.71. The molecule has 0 aliphatic heterocycles. The zero-order valence-electron chi connectivity index (χ0n) is 17.6. The quantitative estimate of drug-likeness (QED) is 0.340. The Balaban J connectivity index is 0.00000274. The van der Waals surface area contributed by atoms with Gasteiger partial charge in [0.2, 0.25) is 5.95 Å². The summed E-state index contributed by atoms with van der Waals surface area (Å²) in [5, 5.41) is 15.4. The molecular weight excluding hydrogens is 442 g/mol. The fourth-order valence-electron chi connectivity index (χ4n) is 3.71. The Hall–Kier alpha value is -3.92. The Morgan fingerprint density at radius 1 is 1.18 bits per heavy atom. The maximum Gasteiger partial charge on any atom is 0.321 e. The van der Waals surface area contributed by atoms with Crippen LogP contribution in [0, 0.1) is 11.6 Å². The van der Waals surface area contributed by atoms with E-state index < -0.39 is 23.3 Å². The van der Waals surface area contributed by atoms with Gasteiger partial charge >= 0.3 is 6.03 Å². The number of rotatable bonds is 5. The Kier molecular flexibility index (Phi) is 6.01. The number of nitrogens with one attached hydrogen (secondary N) is 3. The van der Waals surface area contributed by atoms with Crippen LogP contribution in [0.25, 0.3) is 33.4 Å². The van der Waals surface area contributed by atoms with Crippen molar-refractivity contribution in [3.05, 3.63) is 60.1 Å². The molecule has 0 bridgehead atoms. The van der Waals surface area contributed by atoms with Gasteiger partial charge in [-0.2, -0.15) is 0 Å². The summed E-state index contributed by atoms with van der Waals surface area (Å²) in [5.41, 5.74) is 1.12. The molecule has 0 atom stereocenters. The Morgan fingerprint density at radius 3 is 2.65 bits per heavy atom. The molecule has 34 heavy (non-hydrogen) atoms. The molecule has 176 valence electrons. The molecule has 1 saturated carbocycles. The van der Waals surface area contributed by atoms with E-state index in [0.717, 1.165) is 0 Å². The molecule has 4 N–H and O–H groups in total. The van der Waals surface area contributed by atoms with Crippen molar-refractivity contribution in [2.75, 3.05) is 11.9 Å². The molecular formula is C24H24F2N6O2. The molecule has 0 saturated heterocycles. The first-order valence-electron chi connectivity index (χ1n) is 10.5. The maximum absolute atomic E-state index is 14.7. The van der Waals surface area contributed by atoms with Crippen molar-refractivity contribution >= 4 is 23.0 Å². The van der Waals surface area contributed by atoms with Gasteiger partial charge in [-0.05, 0) is 55.7 Å². The third-order valence-electron chi connectivity index (χ3n) is 5.51. The second-order valence-electron chi connectivity index (χ2n) is 7.91. The summed E-state index contributed by atoms with van der Waals surface area (Å²) in [5.74, 6) is -0.990. The van der Waals surface area contributed by atoms with Crippen molar-refractivity contribution in [1.29, 1.82) is 0 Å². The minimum absolute atomic E-state index is 0. The van der Waals surface area contributed by atoms with E-state index in [9.17, 15) is 18.7 Å². The highest BCUT2D eigenvalue weighted by atomic mass is 19.1. The first kappa shape index (κ1) is 23.2. The van der Waals surface area contributed by atoms with Crippen LogP contribution < -0.4 is 10.6 Å². The largest absolute Gasteiger partial charge is 0.383 e. The Labute approximate surface area is 194 Å².